The highest BCUT2D eigenvalue weighted by Gasteiger charge is 2.20. The first kappa shape index (κ1) is 13.0. The van der Waals surface area contributed by atoms with Gasteiger partial charge < -0.3 is 5.32 Å². The molecule has 0 saturated heterocycles. The Morgan fingerprint density at radius 1 is 1.44 bits per heavy atom. The van der Waals surface area contributed by atoms with Gasteiger partial charge in [-0.15, -0.1) is 0 Å². The predicted octanol–water partition coefficient (Wildman–Crippen LogP) is 2.31. The van der Waals surface area contributed by atoms with Gasteiger partial charge in [0.05, 0.1) is 29.2 Å². The maximum absolute atomic E-state index is 13.3. The van der Waals surface area contributed by atoms with E-state index in [0.717, 1.165) is 17.8 Å². The summed E-state index contributed by atoms with van der Waals surface area (Å²) in [6.07, 6.45) is 4.38. The Hall–Kier alpha value is -1.46. The highest BCUT2D eigenvalue weighted by molar-refractivity contribution is 6.31. The lowest BCUT2D eigenvalue weighted by Gasteiger charge is -2.19. The Morgan fingerprint density at radius 3 is 2.78 bits per heavy atom. The summed E-state index contributed by atoms with van der Waals surface area (Å²) in [5.74, 6) is -0.367. The van der Waals surface area contributed by atoms with Gasteiger partial charge in [0, 0.05) is 13.2 Å². The van der Waals surface area contributed by atoms with Crippen molar-refractivity contribution in [3.63, 3.8) is 0 Å². The minimum atomic E-state index is -0.367. The largest absolute Gasteiger partial charge is 0.305 e. The first-order valence-corrected chi connectivity index (χ1v) is 6.02. The predicted molar refractivity (Wildman–Crippen MR) is 67.9 cm³/mol. The van der Waals surface area contributed by atoms with Crippen LogP contribution >= 0.6 is 11.6 Å². The van der Waals surface area contributed by atoms with Gasteiger partial charge in [-0.3, -0.25) is 9.67 Å². The van der Waals surface area contributed by atoms with Crippen molar-refractivity contribution in [1.82, 2.24) is 20.1 Å². The summed E-state index contributed by atoms with van der Waals surface area (Å²) in [6.45, 7) is 2.70. The third-order valence-corrected chi connectivity index (χ3v) is 2.97. The molecule has 0 radical (unpaired) electrons. The van der Waals surface area contributed by atoms with Gasteiger partial charge >= 0.3 is 0 Å². The molecule has 1 N–H and O–H groups in total. The van der Waals surface area contributed by atoms with E-state index in [1.165, 1.54) is 12.3 Å². The Balaban J connectivity index is 2.46. The van der Waals surface area contributed by atoms with Crippen molar-refractivity contribution in [3.05, 3.63) is 46.8 Å². The zero-order valence-corrected chi connectivity index (χ0v) is 10.9. The molecule has 2 rings (SSSR count). The Kier molecular flexibility index (Phi) is 3.93. The average molecular weight is 269 g/mol. The van der Waals surface area contributed by atoms with Crippen LogP contribution in [0.4, 0.5) is 4.39 Å². The van der Waals surface area contributed by atoms with Crippen molar-refractivity contribution < 1.29 is 4.39 Å². The van der Waals surface area contributed by atoms with Crippen LogP contribution in [0, 0.1) is 5.82 Å². The number of nitrogens with zero attached hydrogens (tertiary/aromatic N) is 3. The quantitative estimate of drug-likeness (QED) is 0.925. The van der Waals surface area contributed by atoms with Crippen LogP contribution in [-0.4, -0.2) is 21.3 Å². The van der Waals surface area contributed by atoms with Crippen LogP contribution < -0.4 is 5.32 Å². The number of hydrogen-bond donors (Lipinski definition) is 1. The molecule has 0 aliphatic carbocycles. The molecule has 0 spiro atoms. The molecule has 2 aromatic heterocycles. The first-order chi connectivity index (χ1) is 8.63. The number of halogens is 2. The first-order valence-electron chi connectivity index (χ1n) is 5.64. The summed E-state index contributed by atoms with van der Waals surface area (Å²) in [7, 11) is 1.80. The molecule has 0 aliphatic rings. The molecular weight excluding hydrogens is 255 g/mol. The smallest absolute Gasteiger partial charge is 0.141 e. The van der Waals surface area contributed by atoms with Crippen LogP contribution in [0.2, 0.25) is 5.02 Å². The number of rotatable bonds is 4. The van der Waals surface area contributed by atoms with Crippen LogP contribution in [0.25, 0.3) is 0 Å². The Morgan fingerprint density at radius 2 is 2.22 bits per heavy atom. The topological polar surface area (TPSA) is 42.7 Å². The highest BCUT2D eigenvalue weighted by atomic mass is 35.5. The lowest BCUT2D eigenvalue weighted by molar-refractivity contribution is 0.561. The molecule has 4 nitrogen and oxygen atoms in total. The molecule has 0 aliphatic heterocycles. The van der Waals surface area contributed by atoms with E-state index in [4.69, 9.17) is 11.6 Å². The van der Waals surface area contributed by atoms with Gasteiger partial charge in [0.2, 0.25) is 0 Å². The number of aromatic nitrogens is 3. The number of nitrogens with one attached hydrogen (secondary N) is 1. The van der Waals surface area contributed by atoms with E-state index in [0.29, 0.717) is 5.02 Å². The fraction of sp³-hybridized carbons (Fsp3) is 0.333. The average Bonchev–Trinajstić information content (AvgIpc) is 2.67. The number of aryl methyl sites for hydroxylation is 1. The van der Waals surface area contributed by atoms with Gasteiger partial charge in [-0.2, -0.15) is 5.10 Å². The van der Waals surface area contributed by atoms with Gasteiger partial charge in [-0.1, -0.05) is 18.5 Å². The van der Waals surface area contributed by atoms with Crippen LogP contribution in [0.5, 0.6) is 0 Å². The zero-order chi connectivity index (χ0) is 13.1. The zero-order valence-electron chi connectivity index (χ0n) is 10.2. The van der Waals surface area contributed by atoms with E-state index >= 15 is 0 Å². The summed E-state index contributed by atoms with van der Waals surface area (Å²) in [5, 5.41) is 7.90. The molecule has 6 heteroatoms. The lowest BCUT2D eigenvalue weighted by atomic mass is 10.1. The molecule has 1 atom stereocenters. The van der Waals surface area contributed by atoms with E-state index in [1.807, 2.05) is 6.92 Å². The van der Waals surface area contributed by atoms with Crippen LogP contribution in [0.15, 0.2) is 24.7 Å². The highest BCUT2D eigenvalue weighted by Crippen LogP contribution is 2.27. The summed E-state index contributed by atoms with van der Waals surface area (Å²) >= 11 is 6.13. The molecule has 0 fully saturated rings. The molecule has 0 aromatic carbocycles. The second-order valence-corrected chi connectivity index (χ2v) is 4.34. The van der Waals surface area contributed by atoms with Crippen molar-refractivity contribution in [3.8, 4) is 0 Å². The summed E-state index contributed by atoms with van der Waals surface area (Å²) < 4.78 is 14.9. The van der Waals surface area contributed by atoms with Crippen molar-refractivity contribution in [2.75, 3.05) is 6.54 Å². The Bertz CT molecular complexity index is 521. The van der Waals surface area contributed by atoms with Crippen LogP contribution in [0.3, 0.4) is 0 Å². The number of hydrogen-bond acceptors (Lipinski definition) is 3. The fourth-order valence-electron chi connectivity index (χ4n) is 1.91. The molecule has 0 amide bonds. The SMILES string of the molecule is CCNC(c1cncc(F)c1)c1c(Cl)cnn1C. The van der Waals surface area contributed by atoms with Crippen molar-refractivity contribution in [1.29, 1.82) is 0 Å². The van der Waals surface area contributed by atoms with Gasteiger partial charge in [-0.05, 0) is 18.2 Å². The summed E-state index contributed by atoms with van der Waals surface area (Å²) in [5.41, 5.74) is 1.52. The summed E-state index contributed by atoms with van der Waals surface area (Å²) in [4.78, 5) is 3.87. The van der Waals surface area contributed by atoms with Crippen molar-refractivity contribution in [2.45, 2.75) is 13.0 Å². The van der Waals surface area contributed by atoms with Crippen LogP contribution in [-0.2, 0) is 7.05 Å². The Labute approximate surface area is 110 Å². The van der Waals surface area contributed by atoms with Gasteiger partial charge in [0.25, 0.3) is 0 Å². The molecule has 0 bridgehead atoms. The molecule has 0 saturated carbocycles. The van der Waals surface area contributed by atoms with E-state index in [2.05, 4.69) is 15.4 Å². The minimum Gasteiger partial charge on any atom is -0.305 e. The maximum atomic E-state index is 13.3. The fourth-order valence-corrected chi connectivity index (χ4v) is 2.18. The normalized spacial score (nSPS) is 12.7. The third-order valence-electron chi connectivity index (χ3n) is 2.68. The van der Waals surface area contributed by atoms with Crippen molar-refractivity contribution >= 4 is 11.6 Å². The van der Waals surface area contributed by atoms with Crippen LogP contribution in [0.1, 0.15) is 24.2 Å². The molecule has 18 heavy (non-hydrogen) atoms. The van der Waals surface area contributed by atoms with E-state index in [9.17, 15) is 4.39 Å². The molecule has 1 unspecified atom stereocenters. The molecule has 96 valence electrons. The monoisotopic (exact) mass is 268 g/mol. The maximum Gasteiger partial charge on any atom is 0.141 e. The standard InChI is InChI=1S/C12H14ClFN4/c1-3-16-11(8-4-9(14)6-15-5-8)12-10(13)7-17-18(12)2/h4-7,11,16H,3H2,1-2H3. The van der Waals surface area contributed by atoms with Gasteiger partial charge in [0.1, 0.15) is 5.82 Å². The minimum absolute atomic E-state index is 0.224. The van der Waals surface area contributed by atoms with Gasteiger partial charge in [-0.25, -0.2) is 4.39 Å². The van der Waals surface area contributed by atoms with Gasteiger partial charge in [0.15, 0.2) is 0 Å². The van der Waals surface area contributed by atoms with E-state index in [1.54, 1.807) is 24.1 Å². The molecular formula is C12H14ClFN4. The van der Waals surface area contributed by atoms with Crippen molar-refractivity contribution in [2.24, 2.45) is 7.05 Å². The summed E-state index contributed by atoms with van der Waals surface area (Å²) in [6, 6.07) is 1.22. The second kappa shape index (κ2) is 5.46. The third kappa shape index (κ3) is 2.52. The molecule has 2 aromatic rings. The van der Waals surface area contributed by atoms with E-state index in [-0.39, 0.29) is 11.9 Å². The second-order valence-electron chi connectivity index (χ2n) is 3.93. The number of pyridine rings is 1. The van der Waals surface area contributed by atoms with E-state index < -0.39 is 0 Å². The lowest BCUT2D eigenvalue weighted by Crippen LogP contribution is -2.24. The molecule has 2 heterocycles.